The van der Waals surface area contributed by atoms with Gasteiger partial charge in [-0.05, 0) is 24.6 Å². The number of ether oxygens (including phenoxy) is 1. The minimum atomic E-state index is -4.44. The van der Waals surface area contributed by atoms with Crippen LogP contribution in [0.1, 0.15) is 21.8 Å². The molecule has 0 saturated carbocycles. The van der Waals surface area contributed by atoms with Crippen LogP contribution in [0.15, 0.2) is 23.6 Å². The van der Waals surface area contributed by atoms with E-state index in [-0.39, 0.29) is 12.4 Å². The summed E-state index contributed by atoms with van der Waals surface area (Å²) in [5, 5.41) is 2.85. The highest BCUT2D eigenvalue weighted by Crippen LogP contribution is 2.37. The van der Waals surface area contributed by atoms with E-state index in [9.17, 15) is 13.2 Å². The van der Waals surface area contributed by atoms with Gasteiger partial charge in [-0.2, -0.15) is 13.2 Å². The molecule has 7 heteroatoms. The summed E-state index contributed by atoms with van der Waals surface area (Å²) in [5.74, 6) is -0.171. The Balaban J connectivity index is 2.22. The molecule has 0 N–H and O–H groups in total. The van der Waals surface area contributed by atoms with Crippen LogP contribution in [0.5, 0.6) is 5.75 Å². The van der Waals surface area contributed by atoms with Crippen LogP contribution in [0, 0.1) is 6.92 Å². The minimum Gasteiger partial charge on any atom is -0.486 e. The zero-order valence-corrected chi connectivity index (χ0v) is 12.9. The highest BCUT2D eigenvalue weighted by molar-refractivity contribution is 9.08. The standard InChI is InChI=1S/C13H11BrF3NOS/c1-8-7-20-12(18-8)6-19-11-3-2-9(5-14)4-10(11)13(15,16)17/h2-4,7H,5-6H2,1H3. The average molecular weight is 366 g/mol. The second-order valence-electron chi connectivity index (χ2n) is 4.13. The van der Waals surface area contributed by atoms with E-state index in [4.69, 9.17) is 4.74 Å². The van der Waals surface area contributed by atoms with Crippen LogP contribution in [-0.2, 0) is 18.1 Å². The van der Waals surface area contributed by atoms with E-state index in [2.05, 4.69) is 20.9 Å². The van der Waals surface area contributed by atoms with Crippen LogP contribution in [0.4, 0.5) is 13.2 Å². The molecule has 0 atom stereocenters. The number of rotatable bonds is 4. The highest BCUT2D eigenvalue weighted by Gasteiger charge is 2.34. The molecule has 0 fully saturated rings. The van der Waals surface area contributed by atoms with Gasteiger partial charge in [-0.15, -0.1) is 11.3 Å². The van der Waals surface area contributed by atoms with Crippen LogP contribution >= 0.6 is 27.3 Å². The van der Waals surface area contributed by atoms with Crippen molar-refractivity contribution in [1.82, 2.24) is 4.98 Å². The van der Waals surface area contributed by atoms with E-state index in [1.165, 1.54) is 17.4 Å². The number of thiazole rings is 1. The predicted octanol–water partition coefficient (Wildman–Crippen LogP) is 4.94. The molecule has 0 aliphatic rings. The maximum atomic E-state index is 13.0. The van der Waals surface area contributed by atoms with Crippen LogP contribution in [-0.4, -0.2) is 4.98 Å². The minimum absolute atomic E-state index is 0.0370. The first-order valence-corrected chi connectivity index (χ1v) is 7.70. The van der Waals surface area contributed by atoms with Gasteiger partial charge in [0, 0.05) is 16.4 Å². The summed E-state index contributed by atoms with van der Waals surface area (Å²) in [6, 6.07) is 4.05. The lowest BCUT2D eigenvalue weighted by Crippen LogP contribution is -2.09. The summed E-state index contributed by atoms with van der Waals surface area (Å²) in [7, 11) is 0. The van der Waals surface area contributed by atoms with Gasteiger partial charge in [0.25, 0.3) is 0 Å². The molecule has 20 heavy (non-hydrogen) atoms. The molecule has 0 unspecified atom stereocenters. The maximum absolute atomic E-state index is 13.0. The average Bonchev–Trinajstić information content (AvgIpc) is 2.81. The molecule has 2 nitrogen and oxygen atoms in total. The summed E-state index contributed by atoms with van der Waals surface area (Å²) in [5.41, 5.74) is 0.622. The molecule has 0 bridgehead atoms. The van der Waals surface area contributed by atoms with Crippen molar-refractivity contribution < 1.29 is 17.9 Å². The molecule has 0 radical (unpaired) electrons. The SMILES string of the molecule is Cc1csc(COc2ccc(CBr)cc2C(F)(F)F)n1. The van der Waals surface area contributed by atoms with Gasteiger partial charge < -0.3 is 4.74 Å². The number of aryl methyl sites for hydroxylation is 1. The third-order valence-corrected chi connectivity index (χ3v) is 4.11. The fourth-order valence-electron chi connectivity index (χ4n) is 1.62. The van der Waals surface area contributed by atoms with Gasteiger partial charge in [0.15, 0.2) is 0 Å². The Bertz CT molecular complexity index is 598. The number of hydrogen-bond donors (Lipinski definition) is 0. The Morgan fingerprint density at radius 3 is 2.65 bits per heavy atom. The van der Waals surface area contributed by atoms with Crippen molar-refractivity contribution in [3.8, 4) is 5.75 Å². The summed E-state index contributed by atoms with van der Waals surface area (Å²) < 4.78 is 44.2. The van der Waals surface area contributed by atoms with E-state index < -0.39 is 11.7 Å². The molecule has 0 aliphatic carbocycles. The van der Waals surface area contributed by atoms with E-state index >= 15 is 0 Å². The maximum Gasteiger partial charge on any atom is 0.419 e. The smallest absolute Gasteiger partial charge is 0.419 e. The monoisotopic (exact) mass is 365 g/mol. The van der Waals surface area contributed by atoms with E-state index in [1.807, 2.05) is 12.3 Å². The first-order valence-electron chi connectivity index (χ1n) is 5.70. The Morgan fingerprint density at radius 1 is 1.35 bits per heavy atom. The Morgan fingerprint density at radius 2 is 2.10 bits per heavy atom. The van der Waals surface area contributed by atoms with E-state index in [1.54, 1.807) is 6.07 Å². The number of alkyl halides is 4. The Labute approximate surface area is 126 Å². The van der Waals surface area contributed by atoms with E-state index in [0.29, 0.717) is 15.9 Å². The van der Waals surface area contributed by atoms with Crippen molar-refractivity contribution in [2.75, 3.05) is 0 Å². The van der Waals surface area contributed by atoms with Crippen LogP contribution < -0.4 is 4.74 Å². The quantitative estimate of drug-likeness (QED) is 0.715. The Kier molecular flexibility index (Phi) is 4.70. The number of halogens is 4. The normalized spacial score (nSPS) is 11.7. The van der Waals surface area contributed by atoms with Crippen molar-refractivity contribution in [3.63, 3.8) is 0 Å². The molecule has 0 aliphatic heterocycles. The fraction of sp³-hybridized carbons (Fsp3) is 0.308. The predicted molar refractivity (Wildman–Crippen MR) is 75.3 cm³/mol. The highest BCUT2D eigenvalue weighted by atomic mass is 79.9. The molecular weight excluding hydrogens is 355 g/mol. The van der Waals surface area contributed by atoms with Gasteiger partial charge in [-0.1, -0.05) is 22.0 Å². The first-order chi connectivity index (χ1) is 9.40. The number of hydrogen-bond acceptors (Lipinski definition) is 3. The molecule has 2 rings (SSSR count). The van der Waals surface area contributed by atoms with Crippen LogP contribution in [0.25, 0.3) is 0 Å². The molecular formula is C13H11BrF3NOS. The summed E-state index contributed by atoms with van der Waals surface area (Å²) in [6.07, 6.45) is -4.44. The van der Waals surface area contributed by atoms with Gasteiger partial charge in [-0.25, -0.2) is 4.98 Å². The topological polar surface area (TPSA) is 22.1 Å². The van der Waals surface area contributed by atoms with Crippen molar-refractivity contribution in [1.29, 1.82) is 0 Å². The van der Waals surface area contributed by atoms with Crippen LogP contribution in [0.3, 0.4) is 0 Å². The third kappa shape index (κ3) is 3.73. The van der Waals surface area contributed by atoms with Crippen molar-refractivity contribution in [2.24, 2.45) is 0 Å². The molecule has 1 heterocycles. The summed E-state index contributed by atoms with van der Waals surface area (Å²) >= 11 is 4.51. The lowest BCUT2D eigenvalue weighted by atomic mass is 10.1. The van der Waals surface area contributed by atoms with Crippen molar-refractivity contribution >= 4 is 27.3 Å². The first kappa shape index (κ1) is 15.3. The van der Waals surface area contributed by atoms with Crippen molar-refractivity contribution in [3.05, 3.63) is 45.4 Å². The number of benzene rings is 1. The molecule has 108 valence electrons. The molecule has 1 aromatic heterocycles. The molecule has 0 spiro atoms. The van der Waals surface area contributed by atoms with Crippen molar-refractivity contribution in [2.45, 2.75) is 25.0 Å². The van der Waals surface area contributed by atoms with Gasteiger partial charge >= 0.3 is 6.18 Å². The number of aromatic nitrogens is 1. The largest absolute Gasteiger partial charge is 0.486 e. The molecule has 0 amide bonds. The van der Waals surface area contributed by atoms with Gasteiger partial charge in [0.1, 0.15) is 17.4 Å². The zero-order valence-electron chi connectivity index (χ0n) is 10.5. The Hall–Kier alpha value is -1.08. The summed E-state index contributed by atoms with van der Waals surface area (Å²) in [6.45, 7) is 1.86. The van der Waals surface area contributed by atoms with Gasteiger partial charge in [0.05, 0.1) is 5.56 Å². The lowest BCUT2D eigenvalue weighted by Gasteiger charge is -2.14. The van der Waals surface area contributed by atoms with E-state index in [0.717, 1.165) is 11.8 Å². The fourth-order valence-corrected chi connectivity index (χ4v) is 2.65. The van der Waals surface area contributed by atoms with Gasteiger partial charge in [-0.3, -0.25) is 0 Å². The summed E-state index contributed by atoms with van der Waals surface area (Å²) in [4.78, 5) is 4.16. The lowest BCUT2D eigenvalue weighted by molar-refractivity contribution is -0.139. The third-order valence-electron chi connectivity index (χ3n) is 2.52. The van der Waals surface area contributed by atoms with Gasteiger partial charge in [0.2, 0.25) is 0 Å². The molecule has 1 aromatic carbocycles. The second-order valence-corrected chi connectivity index (χ2v) is 5.64. The molecule has 2 aromatic rings. The van der Waals surface area contributed by atoms with Crippen LogP contribution in [0.2, 0.25) is 0 Å². The zero-order chi connectivity index (χ0) is 14.8. The second kappa shape index (κ2) is 6.13. The molecule has 0 saturated heterocycles. The number of nitrogens with zero attached hydrogens (tertiary/aromatic N) is 1.